The second-order valence-corrected chi connectivity index (χ2v) is 4.90. The number of aromatic nitrogens is 2. The Morgan fingerprint density at radius 3 is 2.93 bits per heavy atom. The molecule has 0 aromatic carbocycles. The summed E-state index contributed by atoms with van der Waals surface area (Å²) >= 11 is 1.97. The first kappa shape index (κ1) is 9.77. The van der Waals surface area contributed by atoms with Crippen LogP contribution in [0.1, 0.15) is 31.5 Å². The zero-order chi connectivity index (χ0) is 9.80. The lowest BCUT2D eigenvalue weighted by Gasteiger charge is -2.07. The van der Waals surface area contributed by atoms with Crippen molar-refractivity contribution in [2.24, 2.45) is 0 Å². The molecule has 1 aliphatic rings. The Bertz CT molecular complexity index is 297. The van der Waals surface area contributed by atoms with Crippen molar-refractivity contribution in [3.8, 4) is 0 Å². The summed E-state index contributed by atoms with van der Waals surface area (Å²) in [5.74, 6) is 2.33. The minimum atomic E-state index is 0.571. The highest BCUT2D eigenvalue weighted by Gasteiger charge is 2.15. The molecule has 1 aromatic heterocycles. The van der Waals surface area contributed by atoms with Crippen molar-refractivity contribution in [1.29, 1.82) is 0 Å². The van der Waals surface area contributed by atoms with Crippen LogP contribution in [-0.2, 0) is 5.75 Å². The first-order valence-corrected chi connectivity index (χ1v) is 6.08. The predicted molar refractivity (Wildman–Crippen MR) is 60.0 cm³/mol. The Morgan fingerprint density at radius 2 is 2.21 bits per heavy atom. The Balaban J connectivity index is 1.85. The third-order valence-electron chi connectivity index (χ3n) is 2.48. The molecule has 0 saturated heterocycles. The SMILES string of the molecule is Nc1ccnc(CSC2CCCC2)n1. The van der Waals surface area contributed by atoms with Crippen LogP contribution in [0.3, 0.4) is 0 Å². The minimum absolute atomic E-state index is 0.571. The molecular weight excluding hydrogens is 194 g/mol. The van der Waals surface area contributed by atoms with Gasteiger partial charge in [0.1, 0.15) is 11.6 Å². The number of hydrogen-bond acceptors (Lipinski definition) is 4. The summed E-state index contributed by atoms with van der Waals surface area (Å²) in [4.78, 5) is 8.37. The third kappa shape index (κ3) is 2.61. The van der Waals surface area contributed by atoms with Gasteiger partial charge < -0.3 is 5.73 Å². The van der Waals surface area contributed by atoms with E-state index in [0.717, 1.165) is 16.8 Å². The number of rotatable bonds is 3. The topological polar surface area (TPSA) is 51.8 Å². The molecule has 1 fully saturated rings. The summed E-state index contributed by atoms with van der Waals surface area (Å²) in [5, 5.41) is 0.819. The third-order valence-corrected chi connectivity index (χ3v) is 3.85. The van der Waals surface area contributed by atoms with Crippen LogP contribution in [0.4, 0.5) is 5.82 Å². The van der Waals surface area contributed by atoms with Crippen molar-refractivity contribution in [3.05, 3.63) is 18.1 Å². The van der Waals surface area contributed by atoms with Gasteiger partial charge in [0, 0.05) is 11.4 Å². The molecule has 0 aliphatic heterocycles. The molecule has 0 amide bonds. The van der Waals surface area contributed by atoms with Gasteiger partial charge in [-0.3, -0.25) is 0 Å². The van der Waals surface area contributed by atoms with E-state index in [1.807, 2.05) is 11.8 Å². The highest BCUT2D eigenvalue weighted by atomic mass is 32.2. The van der Waals surface area contributed by atoms with Gasteiger partial charge in [0.25, 0.3) is 0 Å². The fourth-order valence-corrected chi connectivity index (χ4v) is 2.92. The summed E-state index contributed by atoms with van der Waals surface area (Å²) in [5.41, 5.74) is 5.58. The highest BCUT2D eigenvalue weighted by molar-refractivity contribution is 7.99. The normalized spacial score (nSPS) is 17.4. The Morgan fingerprint density at radius 1 is 1.43 bits per heavy atom. The molecule has 76 valence electrons. The quantitative estimate of drug-likeness (QED) is 0.829. The van der Waals surface area contributed by atoms with Gasteiger partial charge >= 0.3 is 0 Å². The van der Waals surface area contributed by atoms with E-state index in [9.17, 15) is 0 Å². The van der Waals surface area contributed by atoms with Crippen LogP contribution in [0.25, 0.3) is 0 Å². The molecule has 1 aromatic rings. The lowest BCUT2D eigenvalue weighted by atomic mass is 10.4. The lowest BCUT2D eigenvalue weighted by Crippen LogP contribution is -2.00. The average molecular weight is 209 g/mol. The Kier molecular flexibility index (Phi) is 3.24. The number of nitrogens with two attached hydrogens (primary N) is 1. The van der Waals surface area contributed by atoms with E-state index >= 15 is 0 Å². The number of hydrogen-bond donors (Lipinski definition) is 1. The summed E-state index contributed by atoms with van der Waals surface area (Å²) < 4.78 is 0. The van der Waals surface area contributed by atoms with Crippen molar-refractivity contribution in [3.63, 3.8) is 0 Å². The van der Waals surface area contributed by atoms with Crippen LogP contribution in [0.15, 0.2) is 12.3 Å². The van der Waals surface area contributed by atoms with Gasteiger partial charge in [0.15, 0.2) is 0 Å². The van der Waals surface area contributed by atoms with Gasteiger partial charge in [-0.2, -0.15) is 11.8 Å². The maximum atomic E-state index is 5.58. The maximum Gasteiger partial charge on any atom is 0.140 e. The zero-order valence-corrected chi connectivity index (χ0v) is 8.96. The van der Waals surface area contributed by atoms with Crippen molar-refractivity contribution >= 4 is 17.6 Å². The molecule has 0 bridgehead atoms. The van der Waals surface area contributed by atoms with Gasteiger partial charge in [0.2, 0.25) is 0 Å². The molecule has 1 aliphatic carbocycles. The van der Waals surface area contributed by atoms with Crippen molar-refractivity contribution < 1.29 is 0 Å². The smallest absolute Gasteiger partial charge is 0.140 e. The molecular formula is C10H15N3S. The second kappa shape index (κ2) is 4.64. The van der Waals surface area contributed by atoms with Crippen LogP contribution < -0.4 is 5.73 Å². The number of anilines is 1. The summed E-state index contributed by atoms with van der Waals surface area (Å²) in [7, 11) is 0. The second-order valence-electron chi connectivity index (χ2n) is 3.62. The van der Waals surface area contributed by atoms with E-state index in [2.05, 4.69) is 9.97 Å². The summed E-state index contributed by atoms with van der Waals surface area (Å²) in [6.45, 7) is 0. The lowest BCUT2D eigenvalue weighted by molar-refractivity contribution is 0.886. The van der Waals surface area contributed by atoms with E-state index < -0.39 is 0 Å². The number of nitrogen functional groups attached to an aromatic ring is 1. The van der Waals surface area contributed by atoms with Crippen LogP contribution in [0, 0.1) is 0 Å². The first-order valence-electron chi connectivity index (χ1n) is 5.03. The van der Waals surface area contributed by atoms with Crippen LogP contribution in [-0.4, -0.2) is 15.2 Å². The van der Waals surface area contributed by atoms with E-state index in [0.29, 0.717) is 5.82 Å². The van der Waals surface area contributed by atoms with Crippen molar-refractivity contribution in [2.75, 3.05) is 5.73 Å². The first-order chi connectivity index (χ1) is 6.84. The average Bonchev–Trinajstić information content (AvgIpc) is 2.67. The molecule has 0 atom stereocenters. The standard InChI is InChI=1S/C10H15N3S/c11-9-5-6-12-10(13-9)7-14-8-3-1-2-4-8/h5-6,8H,1-4,7H2,(H2,11,12,13). The van der Waals surface area contributed by atoms with Crippen LogP contribution in [0.2, 0.25) is 0 Å². The number of thioether (sulfide) groups is 1. The number of nitrogens with zero attached hydrogens (tertiary/aromatic N) is 2. The van der Waals surface area contributed by atoms with E-state index in [1.54, 1.807) is 12.3 Å². The molecule has 1 heterocycles. The molecule has 0 unspecified atom stereocenters. The zero-order valence-electron chi connectivity index (χ0n) is 8.15. The molecule has 2 N–H and O–H groups in total. The minimum Gasteiger partial charge on any atom is -0.384 e. The van der Waals surface area contributed by atoms with E-state index in [4.69, 9.17) is 5.73 Å². The molecule has 0 spiro atoms. The van der Waals surface area contributed by atoms with Gasteiger partial charge in [0.05, 0.1) is 5.75 Å². The van der Waals surface area contributed by atoms with Gasteiger partial charge in [-0.1, -0.05) is 12.8 Å². The highest BCUT2D eigenvalue weighted by Crippen LogP contribution is 2.30. The van der Waals surface area contributed by atoms with Gasteiger partial charge in [-0.05, 0) is 18.9 Å². The molecule has 1 saturated carbocycles. The molecule has 4 heteroatoms. The predicted octanol–water partition coefficient (Wildman–Crippen LogP) is 2.23. The summed E-state index contributed by atoms with van der Waals surface area (Å²) in [6.07, 6.45) is 7.21. The Hall–Kier alpha value is -0.770. The largest absolute Gasteiger partial charge is 0.384 e. The van der Waals surface area contributed by atoms with E-state index in [-0.39, 0.29) is 0 Å². The van der Waals surface area contributed by atoms with Crippen molar-refractivity contribution in [2.45, 2.75) is 36.7 Å². The van der Waals surface area contributed by atoms with Crippen LogP contribution in [0.5, 0.6) is 0 Å². The molecule has 0 radical (unpaired) electrons. The van der Waals surface area contributed by atoms with Gasteiger partial charge in [-0.25, -0.2) is 9.97 Å². The van der Waals surface area contributed by atoms with Gasteiger partial charge in [-0.15, -0.1) is 0 Å². The monoisotopic (exact) mass is 209 g/mol. The molecule has 2 rings (SSSR count). The Labute approximate surface area is 88.5 Å². The van der Waals surface area contributed by atoms with E-state index in [1.165, 1.54) is 25.7 Å². The molecule has 14 heavy (non-hydrogen) atoms. The van der Waals surface area contributed by atoms with Crippen molar-refractivity contribution in [1.82, 2.24) is 9.97 Å². The maximum absolute atomic E-state index is 5.58. The fraction of sp³-hybridized carbons (Fsp3) is 0.600. The summed E-state index contributed by atoms with van der Waals surface area (Å²) in [6, 6.07) is 1.73. The molecule has 3 nitrogen and oxygen atoms in total. The fourth-order valence-electron chi connectivity index (χ4n) is 1.73. The van der Waals surface area contributed by atoms with Crippen LogP contribution >= 0.6 is 11.8 Å².